The lowest BCUT2D eigenvalue weighted by molar-refractivity contribution is -0.160. The normalized spacial score (nSPS) is 20.4. The van der Waals surface area contributed by atoms with E-state index in [9.17, 15) is 22.8 Å². The highest BCUT2D eigenvalue weighted by molar-refractivity contribution is 7.91. The van der Waals surface area contributed by atoms with E-state index in [-0.39, 0.29) is 35.9 Å². The molecule has 11 heteroatoms. The lowest BCUT2D eigenvalue weighted by atomic mass is 9.97. The molecule has 2 aromatic heterocycles. The van der Waals surface area contributed by atoms with Gasteiger partial charge in [-0.3, -0.25) is 14.4 Å². The van der Waals surface area contributed by atoms with Crippen molar-refractivity contribution < 1.29 is 22.7 Å². The number of sulfone groups is 1. The molecule has 4 rings (SSSR count). The summed E-state index contributed by atoms with van der Waals surface area (Å²) < 4.78 is 28.8. The molecule has 33 heavy (non-hydrogen) atoms. The van der Waals surface area contributed by atoms with Crippen molar-refractivity contribution in [1.29, 1.82) is 0 Å². The average molecular weight is 496 g/mol. The Morgan fingerprint density at radius 2 is 2.06 bits per heavy atom. The van der Waals surface area contributed by atoms with Crippen LogP contribution in [0.4, 0.5) is 0 Å². The third-order valence-corrected chi connectivity index (χ3v) is 9.30. The van der Waals surface area contributed by atoms with Crippen molar-refractivity contribution in [1.82, 2.24) is 14.9 Å². The molecule has 1 fully saturated rings. The zero-order valence-corrected chi connectivity index (χ0v) is 20.5. The molecule has 0 saturated carbocycles. The smallest absolute Gasteiger partial charge is 0.307 e. The minimum absolute atomic E-state index is 0.0267. The van der Waals surface area contributed by atoms with Gasteiger partial charge in [0, 0.05) is 23.9 Å². The summed E-state index contributed by atoms with van der Waals surface area (Å²) >= 11 is 1.55. The third-order valence-electron chi connectivity index (χ3n) is 6.37. The Labute approximate surface area is 196 Å². The van der Waals surface area contributed by atoms with E-state index in [0.29, 0.717) is 29.0 Å². The van der Waals surface area contributed by atoms with Crippen LogP contribution in [-0.4, -0.2) is 65.4 Å². The molecule has 2 aliphatic rings. The van der Waals surface area contributed by atoms with E-state index >= 15 is 0 Å². The molecule has 1 aliphatic carbocycles. The Kier molecular flexibility index (Phi) is 6.90. The van der Waals surface area contributed by atoms with E-state index in [4.69, 9.17) is 4.74 Å². The molecule has 0 radical (unpaired) electrons. The Morgan fingerprint density at radius 1 is 1.30 bits per heavy atom. The van der Waals surface area contributed by atoms with E-state index in [0.717, 1.165) is 31.2 Å². The fourth-order valence-corrected chi connectivity index (χ4v) is 7.71. The van der Waals surface area contributed by atoms with Crippen LogP contribution < -0.4 is 5.56 Å². The van der Waals surface area contributed by atoms with Gasteiger partial charge in [0.1, 0.15) is 10.7 Å². The number of ether oxygens (including phenoxy) is 1. The number of likely N-dealkylation sites (N-methyl/N-ethyl adjacent to an activating group) is 1. The SMILES string of the molecule is CCN(C(=O)[C@@H](C)OC(=O)CCc1nc2sc3c(c2c(=O)[nH]1)CCCC3)[C@@H]1CCS(=O)(=O)C1. The number of hydrogen-bond donors (Lipinski definition) is 1. The van der Waals surface area contributed by atoms with Gasteiger partial charge in [-0.05, 0) is 51.5 Å². The van der Waals surface area contributed by atoms with Crippen LogP contribution in [0.1, 0.15) is 55.8 Å². The number of aromatic nitrogens is 2. The summed E-state index contributed by atoms with van der Waals surface area (Å²) in [6.45, 7) is 3.61. The van der Waals surface area contributed by atoms with Crippen LogP contribution in [0.25, 0.3) is 10.2 Å². The van der Waals surface area contributed by atoms with Crippen LogP contribution in [-0.2, 0) is 43.4 Å². The zero-order chi connectivity index (χ0) is 23.8. The molecule has 3 heterocycles. The summed E-state index contributed by atoms with van der Waals surface area (Å²) in [5.74, 6) is -0.531. The number of hydrogen-bond acceptors (Lipinski definition) is 8. The monoisotopic (exact) mass is 495 g/mol. The van der Waals surface area contributed by atoms with Crippen LogP contribution in [0, 0.1) is 0 Å². The zero-order valence-electron chi connectivity index (χ0n) is 18.9. The molecule has 1 amide bonds. The number of rotatable bonds is 7. The quantitative estimate of drug-likeness (QED) is 0.580. The van der Waals surface area contributed by atoms with Crippen molar-refractivity contribution in [2.45, 2.75) is 70.9 Å². The van der Waals surface area contributed by atoms with Gasteiger partial charge in [0.05, 0.1) is 23.3 Å². The number of esters is 1. The number of carbonyl (C=O) groups is 2. The Bertz CT molecular complexity index is 1230. The van der Waals surface area contributed by atoms with Gasteiger partial charge in [-0.25, -0.2) is 13.4 Å². The molecule has 2 aromatic rings. The third kappa shape index (κ3) is 5.13. The fourth-order valence-electron chi connectivity index (χ4n) is 4.70. The highest BCUT2D eigenvalue weighted by Crippen LogP contribution is 2.33. The topological polar surface area (TPSA) is 126 Å². The molecule has 0 bridgehead atoms. The number of thiophene rings is 1. The summed E-state index contributed by atoms with van der Waals surface area (Å²) in [4.78, 5) is 48.5. The van der Waals surface area contributed by atoms with Gasteiger partial charge in [-0.15, -0.1) is 11.3 Å². The molecule has 180 valence electrons. The van der Waals surface area contributed by atoms with Gasteiger partial charge in [0.15, 0.2) is 15.9 Å². The summed E-state index contributed by atoms with van der Waals surface area (Å²) in [6.07, 6.45) is 3.64. The van der Waals surface area contributed by atoms with Gasteiger partial charge >= 0.3 is 5.97 Å². The summed E-state index contributed by atoms with van der Waals surface area (Å²) in [5.41, 5.74) is 0.945. The lowest BCUT2D eigenvalue weighted by Gasteiger charge is -2.29. The second kappa shape index (κ2) is 9.54. The molecule has 1 saturated heterocycles. The summed E-state index contributed by atoms with van der Waals surface area (Å²) in [6, 6.07) is -0.383. The molecule has 0 unspecified atom stereocenters. The maximum Gasteiger partial charge on any atom is 0.307 e. The van der Waals surface area contributed by atoms with Crippen LogP contribution in [0.2, 0.25) is 0 Å². The molecule has 1 N–H and O–H groups in total. The predicted molar refractivity (Wildman–Crippen MR) is 125 cm³/mol. The van der Waals surface area contributed by atoms with Gasteiger partial charge in [0.25, 0.3) is 11.5 Å². The van der Waals surface area contributed by atoms with Gasteiger partial charge < -0.3 is 14.6 Å². The lowest BCUT2D eigenvalue weighted by Crippen LogP contribution is -2.46. The highest BCUT2D eigenvalue weighted by atomic mass is 32.2. The van der Waals surface area contributed by atoms with Crippen LogP contribution in [0.15, 0.2) is 4.79 Å². The van der Waals surface area contributed by atoms with E-state index in [1.807, 2.05) is 0 Å². The standard InChI is InChI=1S/C22H29N3O6S2/c1-3-25(14-10-11-33(29,30)12-14)22(28)13(2)31-18(26)9-8-17-23-20(27)19-15-6-4-5-7-16(15)32-21(19)24-17/h13-14H,3-12H2,1-2H3,(H,23,24,27)/t13-,14-/m1/s1. The molecule has 9 nitrogen and oxygen atoms in total. The first kappa shape index (κ1) is 23.9. The average Bonchev–Trinajstić information content (AvgIpc) is 3.32. The van der Waals surface area contributed by atoms with Crippen LogP contribution in [0.3, 0.4) is 0 Å². The number of aryl methyl sites for hydroxylation is 3. The number of nitrogens with zero attached hydrogens (tertiary/aromatic N) is 2. The Hall–Kier alpha value is -2.27. The number of nitrogens with one attached hydrogen (secondary N) is 1. The van der Waals surface area contributed by atoms with Crippen molar-refractivity contribution in [3.05, 3.63) is 26.6 Å². The van der Waals surface area contributed by atoms with Gasteiger partial charge in [-0.1, -0.05) is 0 Å². The first-order chi connectivity index (χ1) is 15.7. The second-order valence-electron chi connectivity index (χ2n) is 8.72. The minimum Gasteiger partial charge on any atom is -0.453 e. The van der Waals surface area contributed by atoms with Gasteiger partial charge in [-0.2, -0.15) is 0 Å². The van der Waals surface area contributed by atoms with E-state index < -0.39 is 27.8 Å². The second-order valence-corrected chi connectivity index (χ2v) is 12.0. The predicted octanol–water partition coefficient (Wildman–Crippen LogP) is 1.76. The number of carbonyl (C=O) groups excluding carboxylic acids is 2. The first-order valence-electron chi connectivity index (χ1n) is 11.4. The molecule has 0 spiro atoms. The van der Waals surface area contributed by atoms with Crippen LogP contribution in [0.5, 0.6) is 0 Å². The number of amides is 1. The van der Waals surface area contributed by atoms with Crippen molar-refractivity contribution >= 4 is 43.3 Å². The van der Waals surface area contributed by atoms with E-state index in [1.165, 1.54) is 16.7 Å². The van der Waals surface area contributed by atoms with Gasteiger partial charge in [0.2, 0.25) is 0 Å². The van der Waals surface area contributed by atoms with E-state index in [1.54, 1.807) is 18.3 Å². The highest BCUT2D eigenvalue weighted by Gasteiger charge is 2.36. The fraction of sp³-hybridized carbons (Fsp3) is 0.636. The van der Waals surface area contributed by atoms with Crippen LogP contribution >= 0.6 is 11.3 Å². The number of aromatic amines is 1. The first-order valence-corrected chi connectivity index (χ1v) is 14.1. The molecular formula is C22H29N3O6S2. The minimum atomic E-state index is -3.13. The molecule has 0 aromatic carbocycles. The maximum absolute atomic E-state index is 12.8. The number of H-pyrrole nitrogens is 1. The largest absolute Gasteiger partial charge is 0.453 e. The molecule has 2 atom stereocenters. The van der Waals surface area contributed by atoms with Crippen molar-refractivity contribution in [2.75, 3.05) is 18.1 Å². The molecular weight excluding hydrogens is 466 g/mol. The summed E-state index contributed by atoms with van der Waals surface area (Å²) in [7, 11) is -3.13. The van der Waals surface area contributed by atoms with Crippen molar-refractivity contribution in [2.24, 2.45) is 0 Å². The number of fused-ring (bicyclic) bond motifs is 3. The van der Waals surface area contributed by atoms with E-state index in [2.05, 4.69) is 9.97 Å². The Morgan fingerprint density at radius 3 is 2.76 bits per heavy atom. The van der Waals surface area contributed by atoms with Crippen molar-refractivity contribution in [3.8, 4) is 0 Å². The molecule has 1 aliphatic heterocycles. The summed E-state index contributed by atoms with van der Waals surface area (Å²) in [5, 5.41) is 0.675. The van der Waals surface area contributed by atoms with Crippen molar-refractivity contribution in [3.63, 3.8) is 0 Å². The maximum atomic E-state index is 12.8. The Balaban J connectivity index is 1.36.